The van der Waals surface area contributed by atoms with Crippen LogP contribution >= 0.6 is 0 Å². The Morgan fingerprint density at radius 3 is 1.56 bits per heavy atom. The quantitative estimate of drug-likeness (QED) is 0.414. The van der Waals surface area contributed by atoms with Gasteiger partial charge < -0.3 is 0 Å². The van der Waals surface area contributed by atoms with Crippen LogP contribution in [0.15, 0.2) is 0 Å². The zero-order chi connectivity index (χ0) is 13.7. The van der Waals surface area contributed by atoms with E-state index in [-0.39, 0.29) is 5.75 Å². The van der Waals surface area contributed by atoms with Crippen LogP contribution in [0.1, 0.15) is 77.6 Å². The molecule has 0 aliphatic carbocycles. The van der Waals surface area contributed by atoms with Gasteiger partial charge in [0.1, 0.15) is 0 Å². The number of hydrogen-bond donors (Lipinski definition) is 1. The van der Waals surface area contributed by atoms with Gasteiger partial charge in [-0.2, -0.15) is 18.6 Å². The van der Waals surface area contributed by atoms with Crippen LogP contribution < -0.4 is 5.90 Å². The summed E-state index contributed by atoms with van der Waals surface area (Å²) in [6.07, 6.45) is 13.2. The predicted octanol–water partition coefficient (Wildman–Crippen LogP) is 3.52. The lowest BCUT2D eigenvalue weighted by Crippen LogP contribution is -2.14. The van der Waals surface area contributed by atoms with Crippen molar-refractivity contribution in [3.05, 3.63) is 0 Å². The van der Waals surface area contributed by atoms with E-state index in [4.69, 9.17) is 0 Å². The highest BCUT2D eigenvalue weighted by Gasteiger charge is 2.07. The molecule has 110 valence electrons. The zero-order valence-electron chi connectivity index (χ0n) is 11.7. The molecule has 0 spiro atoms. The van der Waals surface area contributed by atoms with Gasteiger partial charge in [0, 0.05) is 0 Å². The lowest BCUT2D eigenvalue weighted by Gasteiger charge is -2.02. The average Bonchev–Trinajstić information content (AvgIpc) is 2.36. The maximum Gasteiger partial charge on any atom is 0.283 e. The first-order chi connectivity index (χ1) is 8.62. The molecule has 0 unspecified atom stereocenters. The van der Waals surface area contributed by atoms with E-state index in [0.29, 0.717) is 6.42 Å². The van der Waals surface area contributed by atoms with Crippen molar-refractivity contribution in [1.29, 1.82) is 0 Å². The smallest absolute Gasteiger partial charge is 0.198 e. The van der Waals surface area contributed by atoms with Crippen molar-refractivity contribution in [3.63, 3.8) is 0 Å². The van der Waals surface area contributed by atoms with E-state index < -0.39 is 10.1 Å². The van der Waals surface area contributed by atoms with E-state index in [0.717, 1.165) is 12.8 Å². The Morgan fingerprint density at radius 2 is 1.17 bits per heavy atom. The Morgan fingerprint density at radius 1 is 0.778 bits per heavy atom. The molecule has 0 amide bonds. The summed E-state index contributed by atoms with van der Waals surface area (Å²) in [6, 6.07) is 0. The molecule has 18 heavy (non-hydrogen) atoms. The van der Waals surface area contributed by atoms with Crippen molar-refractivity contribution < 1.29 is 12.7 Å². The fraction of sp³-hybridized carbons (Fsp3) is 1.00. The highest BCUT2D eigenvalue weighted by Crippen LogP contribution is 2.11. The monoisotopic (exact) mass is 279 g/mol. The molecule has 0 aliphatic heterocycles. The molecule has 0 radical (unpaired) electrons. The molecule has 4 nitrogen and oxygen atoms in total. The second-order valence-corrected chi connectivity index (χ2v) is 6.61. The van der Waals surface area contributed by atoms with Crippen molar-refractivity contribution in [1.82, 2.24) is 0 Å². The summed E-state index contributed by atoms with van der Waals surface area (Å²) in [5, 5.41) is 0. The van der Waals surface area contributed by atoms with Crippen molar-refractivity contribution in [2.24, 2.45) is 5.90 Å². The first-order valence-electron chi connectivity index (χ1n) is 7.23. The Labute approximate surface area is 112 Å². The van der Waals surface area contributed by atoms with Gasteiger partial charge in [-0.1, -0.05) is 71.1 Å². The lowest BCUT2D eigenvalue weighted by molar-refractivity contribution is 0.332. The highest BCUT2D eigenvalue weighted by atomic mass is 32.2. The molecule has 5 heteroatoms. The van der Waals surface area contributed by atoms with Gasteiger partial charge in [-0.25, -0.2) is 0 Å². The fourth-order valence-corrected chi connectivity index (χ4v) is 2.65. The van der Waals surface area contributed by atoms with Gasteiger partial charge in [0.15, 0.2) is 0 Å². The van der Waals surface area contributed by atoms with Crippen molar-refractivity contribution in [2.45, 2.75) is 77.6 Å². The third-order valence-corrected chi connectivity index (χ3v) is 4.23. The molecule has 0 aromatic rings. The Bertz CT molecular complexity index is 265. The Balaban J connectivity index is 3.12. The molecule has 0 aliphatic rings. The summed E-state index contributed by atoms with van der Waals surface area (Å²) >= 11 is 0. The van der Waals surface area contributed by atoms with Crippen molar-refractivity contribution in [3.8, 4) is 0 Å². The van der Waals surface area contributed by atoms with Gasteiger partial charge in [0.2, 0.25) is 0 Å². The van der Waals surface area contributed by atoms with Gasteiger partial charge in [0.25, 0.3) is 10.1 Å². The van der Waals surface area contributed by atoms with Crippen LogP contribution in [-0.2, 0) is 14.4 Å². The van der Waals surface area contributed by atoms with Gasteiger partial charge in [0.05, 0.1) is 5.75 Å². The first-order valence-corrected chi connectivity index (χ1v) is 8.81. The molecule has 0 saturated carbocycles. The number of nitrogens with two attached hydrogens (primary N) is 1. The molecule has 0 saturated heterocycles. The molecule has 0 atom stereocenters. The first kappa shape index (κ1) is 17.9. The van der Waals surface area contributed by atoms with Gasteiger partial charge in [-0.15, -0.1) is 0 Å². The maximum atomic E-state index is 10.9. The summed E-state index contributed by atoms with van der Waals surface area (Å²) < 4.78 is 25.7. The Hall–Kier alpha value is -0.130. The molecule has 0 fully saturated rings. The molecular formula is C13H29NO3S. The van der Waals surface area contributed by atoms with Crippen molar-refractivity contribution >= 4 is 10.1 Å². The second kappa shape index (κ2) is 11.9. The van der Waals surface area contributed by atoms with Crippen LogP contribution in [-0.4, -0.2) is 14.2 Å². The van der Waals surface area contributed by atoms with Crippen LogP contribution in [0.5, 0.6) is 0 Å². The van der Waals surface area contributed by atoms with Crippen LogP contribution in [0.4, 0.5) is 0 Å². The number of unbranched alkanes of at least 4 members (excludes halogenated alkanes) is 10. The molecule has 0 rings (SSSR count). The van der Waals surface area contributed by atoms with E-state index in [2.05, 4.69) is 17.1 Å². The molecule has 0 bridgehead atoms. The summed E-state index contributed by atoms with van der Waals surface area (Å²) in [6.45, 7) is 2.23. The summed E-state index contributed by atoms with van der Waals surface area (Å²) in [7, 11) is -3.45. The van der Waals surface area contributed by atoms with E-state index in [1.54, 1.807) is 0 Å². The minimum atomic E-state index is -3.45. The lowest BCUT2D eigenvalue weighted by atomic mass is 10.1. The minimum Gasteiger partial charge on any atom is -0.198 e. The fourth-order valence-electron chi connectivity index (χ4n) is 1.99. The van der Waals surface area contributed by atoms with Crippen LogP contribution in [0.25, 0.3) is 0 Å². The van der Waals surface area contributed by atoms with Gasteiger partial charge >= 0.3 is 0 Å². The van der Waals surface area contributed by atoms with E-state index in [1.165, 1.54) is 51.4 Å². The second-order valence-electron chi connectivity index (χ2n) is 4.89. The zero-order valence-corrected chi connectivity index (χ0v) is 12.5. The normalized spacial score (nSPS) is 11.9. The molecule has 0 aromatic carbocycles. The largest absolute Gasteiger partial charge is 0.283 e. The third kappa shape index (κ3) is 12.3. The molecule has 0 aromatic heterocycles. The van der Waals surface area contributed by atoms with E-state index >= 15 is 0 Å². The Kier molecular flexibility index (Phi) is 11.8. The van der Waals surface area contributed by atoms with Crippen LogP contribution in [0.3, 0.4) is 0 Å². The minimum absolute atomic E-state index is 0.0422. The van der Waals surface area contributed by atoms with Crippen LogP contribution in [0.2, 0.25) is 0 Å². The summed E-state index contributed by atoms with van der Waals surface area (Å²) in [5.74, 6) is 4.69. The molecular weight excluding hydrogens is 250 g/mol. The topological polar surface area (TPSA) is 69.4 Å². The molecule has 0 heterocycles. The van der Waals surface area contributed by atoms with Crippen molar-refractivity contribution in [2.75, 3.05) is 5.75 Å². The third-order valence-electron chi connectivity index (χ3n) is 3.14. The summed E-state index contributed by atoms with van der Waals surface area (Å²) in [4.78, 5) is 0. The SMILES string of the molecule is CCCCCCCCCCCCCS(=O)(=O)ON. The van der Waals surface area contributed by atoms with Gasteiger partial charge in [-0.3, -0.25) is 0 Å². The van der Waals surface area contributed by atoms with E-state index in [1.807, 2.05) is 0 Å². The number of rotatable bonds is 13. The van der Waals surface area contributed by atoms with Gasteiger partial charge in [-0.05, 0) is 6.42 Å². The highest BCUT2D eigenvalue weighted by molar-refractivity contribution is 7.86. The average molecular weight is 279 g/mol. The maximum absolute atomic E-state index is 10.9. The van der Waals surface area contributed by atoms with E-state index in [9.17, 15) is 8.42 Å². The summed E-state index contributed by atoms with van der Waals surface area (Å²) in [5.41, 5.74) is 0. The van der Waals surface area contributed by atoms with Crippen LogP contribution in [0, 0.1) is 0 Å². The standard InChI is InChI=1S/C13H29NO3S/c1-2-3-4-5-6-7-8-9-10-11-12-13-18(15,16)17-14/h2-14H2,1H3. The number of hydrogen-bond acceptors (Lipinski definition) is 4. The molecule has 2 N–H and O–H groups in total. The predicted molar refractivity (Wildman–Crippen MR) is 75.5 cm³/mol.